The van der Waals surface area contributed by atoms with Gasteiger partial charge in [0, 0.05) is 25.7 Å². The molecular formula is C20H29N5O3. The van der Waals surface area contributed by atoms with Crippen molar-refractivity contribution in [2.45, 2.75) is 64.5 Å². The first kappa shape index (κ1) is 20.1. The van der Waals surface area contributed by atoms with Crippen molar-refractivity contribution in [2.24, 2.45) is 0 Å². The number of Topliss-reactive ketones (excluding diaryl/α,β-unsaturated/α-hetero) is 1. The molecule has 0 aliphatic carbocycles. The zero-order valence-corrected chi connectivity index (χ0v) is 17.0. The van der Waals surface area contributed by atoms with Crippen molar-refractivity contribution in [1.29, 1.82) is 0 Å². The van der Waals surface area contributed by atoms with Gasteiger partial charge in [-0.3, -0.25) is 4.79 Å². The van der Waals surface area contributed by atoms with Crippen LogP contribution in [-0.2, 0) is 9.53 Å². The summed E-state index contributed by atoms with van der Waals surface area (Å²) in [5.74, 6) is 0.912. The van der Waals surface area contributed by atoms with Gasteiger partial charge in [-0.05, 0) is 46.1 Å². The number of carbonyl (C=O) groups excluding carboxylic acids is 2. The van der Waals surface area contributed by atoms with Crippen LogP contribution in [0.15, 0.2) is 18.6 Å². The van der Waals surface area contributed by atoms with Gasteiger partial charge in [-0.25, -0.2) is 14.8 Å². The van der Waals surface area contributed by atoms with Crippen LogP contribution in [-0.4, -0.2) is 51.1 Å². The SMILES string of the molecule is CCCC(=O)C1(NC(=O)OC(C)(C)C)CCN(c2ncnc3[nH]ccc23)CC1. The monoisotopic (exact) mass is 387 g/mol. The highest BCUT2D eigenvalue weighted by Gasteiger charge is 2.43. The van der Waals surface area contributed by atoms with Gasteiger partial charge in [0.05, 0.1) is 5.39 Å². The molecule has 1 aliphatic rings. The molecule has 2 aromatic heterocycles. The predicted octanol–water partition coefficient (Wildman–Crippen LogP) is 3.19. The number of fused-ring (bicyclic) bond motifs is 1. The van der Waals surface area contributed by atoms with E-state index in [4.69, 9.17) is 4.74 Å². The van der Waals surface area contributed by atoms with Crippen molar-refractivity contribution in [3.8, 4) is 0 Å². The minimum Gasteiger partial charge on any atom is -0.444 e. The molecule has 3 heterocycles. The van der Waals surface area contributed by atoms with E-state index in [2.05, 4.69) is 25.2 Å². The molecule has 1 aliphatic heterocycles. The maximum atomic E-state index is 12.9. The lowest BCUT2D eigenvalue weighted by Crippen LogP contribution is -2.60. The van der Waals surface area contributed by atoms with Gasteiger partial charge in [-0.2, -0.15) is 0 Å². The zero-order chi connectivity index (χ0) is 20.4. The summed E-state index contributed by atoms with van der Waals surface area (Å²) < 4.78 is 5.41. The summed E-state index contributed by atoms with van der Waals surface area (Å²) in [5.41, 5.74) is -0.712. The zero-order valence-electron chi connectivity index (χ0n) is 17.0. The van der Waals surface area contributed by atoms with E-state index in [1.807, 2.05) is 40.0 Å². The summed E-state index contributed by atoms with van der Waals surface area (Å²) in [5, 5.41) is 3.86. The first-order chi connectivity index (χ1) is 13.2. The Morgan fingerprint density at radius 3 is 2.64 bits per heavy atom. The molecule has 152 valence electrons. The number of aromatic nitrogens is 3. The van der Waals surface area contributed by atoms with E-state index in [1.54, 1.807) is 0 Å². The fourth-order valence-electron chi connectivity index (χ4n) is 3.65. The Hall–Kier alpha value is -2.64. The van der Waals surface area contributed by atoms with E-state index < -0.39 is 17.2 Å². The minimum atomic E-state index is -0.890. The number of rotatable bonds is 5. The smallest absolute Gasteiger partial charge is 0.408 e. The Morgan fingerprint density at radius 1 is 1.29 bits per heavy atom. The summed E-state index contributed by atoms with van der Waals surface area (Å²) in [7, 11) is 0. The van der Waals surface area contributed by atoms with E-state index in [0.717, 1.165) is 23.3 Å². The second-order valence-corrected chi connectivity index (χ2v) is 8.31. The predicted molar refractivity (Wildman–Crippen MR) is 107 cm³/mol. The second-order valence-electron chi connectivity index (χ2n) is 8.31. The number of alkyl carbamates (subject to hydrolysis) is 1. The molecule has 2 N–H and O–H groups in total. The molecule has 1 amide bonds. The van der Waals surface area contributed by atoms with Crippen LogP contribution in [0.2, 0.25) is 0 Å². The van der Waals surface area contributed by atoms with E-state index in [0.29, 0.717) is 32.4 Å². The first-order valence-electron chi connectivity index (χ1n) is 9.81. The van der Waals surface area contributed by atoms with Crippen molar-refractivity contribution >= 4 is 28.7 Å². The van der Waals surface area contributed by atoms with Gasteiger partial charge in [-0.1, -0.05) is 6.92 Å². The van der Waals surface area contributed by atoms with Gasteiger partial charge in [0.25, 0.3) is 0 Å². The Morgan fingerprint density at radius 2 is 2.00 bits per heavy atom. The van der Waals surface area contributed by atoms with Gasteiger partial charge >= 0.3 is 6.09 Å². The fourth-order valence-corrected chi connectivity index (χ4v) is 3.65. The van der Waals surface area contributed by atoms with Crippen molar-refractivity contribution in [3.63, 3.8) is 0 Å². The van der Waals surface area contributed by atoms with E-state index in [-0.39, 0.29) is 5.78 Å². The van der Waals surface area contributed by atoms with Crippen molar-refractivity contribution < 1.29 is 14.3 Å². The molecule has 8 nitrogen and oxygen atoms in total. The molecular weight excluding hydrogens is 358 g/mol. The number of nitrogens with one attached hydrogen (secondary N) is 2. The molecule has 1 saturated heterocycles. The number of ketones is 1. The van der Waals surface area contributed by atoms with E-state index >= 15 is 0 Å². The van der Waals surface area contributed by atoms with Crippen LogP contribution >= 0.6 is 0 Å². The largest absolute Gasteiger partial charge is 0.444 e. The molecule has 0 bridgehead atoms. The van der Waals surface area contributed by atoms with Gasteiger partial charge in [-0.15, -0.1) is 0 Å². The maximum absolute atomic E-state index is 12.9. The lowest BCUT2D eigenvalue weighted by molar-refractivity contribution is -0.126. The number of amides is 1. The molecule has 1 fully saturated rings. The molecule has 3 rings (SSSR count). The fraction of sp³-hybridized carbons (Fsp3) is 0.600. The topological polar surface area (TPSA) is 100 Å². The molecule has 0 unspecified atom stereocenters. The standard InChI is InChI=1S/C20H29N5O3/c1-5-6-15(26)20(24-18(27)28-19(2,3)4)8-11-25(12-9-20)17-14-7-10-21-16(14)22-13-23-17/h7,10,13H,5-6,8-9,11-12H2,1-4H3,(H,24,27)(H,21,22,23). The van der Waals surface area contributed by atoms with Gasteiger partial charge in [0.15, 0.2) is 5.78 Å². The number of ether oxygens (including phenoxy) is 1. The normalized spacial score (nSPS) is 16.8. The molecule has 0 aromatic carbocycles. The quantitative estimate of drug-likeness (QED) is 0.817. The van der Waals surface area contributed by atoms with Crippen LogP contribution in [0.25, 0.3) is 11.0 Å². The van der Waals surface area contributed by atoms with Crippen LogP contribution in [0.4, 0.5) is 10.6 Å². The number of aromatic amines is 1. The molecule has 0 saturated carbocycles. The summed E-state index contributed by atoms with van der Waals surface area (Å²) in [6.45, 7) is 8.63. The summed E-state index contributed by atoms with van der Waals surface area (Å²) in [6, 6.07) is 1.95. The third-order valence-corrected chi connectivity index (χ3v) is 5.00. The number of hydrogen-bond acceptors (Lipinski definition) is 6. The number of H-pyrrole nitrogens is 1. The number of carbonyl (C=O) groups is 2. The third kappa shape index (κ3) is 4.26. The highest BCUT2D eigenvalue weighted by molar-refractivity contribution is 5.92. The highest BCUT2D eigenvalue weighted by Crippen LogP contribution is 2.31. The van der Waals surface area contributed by atoms with Crippen molar-refractivity contribution in [2.75, 3.05) is 18.0 Å². The molecule has 0 radical (unpaired) electrons. The summed E-state index contributed by atoms with van der Waals surface area (Å²) in [4.78, 5) is 39.2. The lowest BCUT2D eigenvalue weighted by Gasteiger charge is -2.41. The Bertz CT molecular complexity index is 847. The molecule has 28 heavy (non-hydrogen) atoms. The summed E-state index contributed by atoms with van der Waals surface area (Å²) in [6.07, 6.45) is 5.05. The second kappa shape index (κ2) is 7.77. The Balaban J connectivity index is 1.78. The number of nitrogens with zero attached hydrogens (tertiary/aromatic N) is 3. The first-order valence-corrected chi connectivity index (χ1v) is 9.81. The number of piperidine rings is 1. The number of hydrogen-bond donors (Lipinski definition) is 2. The van der Waals surface area contributed by atoms with Crippen LogP contribution in [0.5, 0.6) is 0 Å². The van der Waals surface area contributed by atoms with Crippen LogP contribution in [0.3, 0.4) is 0 Å². The molecule has 8 heteroatoms. The van der Waals surface area contributed by atoms with Crippen molar-refractivity contribution in [3.05, 3.63) is 18.6 Å². The van der Waals surface area contributed by atoms with Crippen molar-refractivity contribution in [1.82, 2.24) is 20.3 Å². The average Bonchev–Trinajstić information content (AvgIpc) is 3.09. The maximum Gasteiger partial charge on any atom is 0.408 e. The molecule has 0 atom stereocenters. The van der Waals surface area contributed by atoms with Gasteiger partial charge in [0.2, 0.25) is 0 Å². The highest BCUT2D eigenvalue weighted by atomic mass is 16.6. The Labute approximate surface area is 165 Å². The van der Waals surface area contributed by atoms with Gasteiger partial charge < -0.3 is 19.9 Å². The van der Waals surface area contributed by atoms with E-state index in [1.165, 1.54) is 6.33 Å². The number of anilines is 1. The van der Waals surface area contributed by atoms with Gasteiger partial charge in [0.1, 0.15) is 28.9 Å². The van der Waals surface area contributed by atoms with Crippen LogP contribution < -0.4 is 10.2 Å². The summed E-state index contributed by atoms with van der Waals surface area (Å²) >= 11 is 0. The van der Waals surface area contributed by atoms with Crippen LogP contribution in [0.1, 0.15) is 53.4 Å². The Kier molecular flexibility index (Phi) is 5.58. The van der Waals surface area contributed by atoms with E-state index in [9.17, 15) is 9.59 Å². The average molecular weight is 387 g/mol. The third-order valence-electron chi connectivity index (χ3n) is 5.00. The molecule has 2 aromatic rings. The van der Waals surface area contributed by atoms with Crippen LogP contribution in [0, 0.1) is 0 Å². The molecule has 0 spiro atoms. The lowest BCUT2D eigenvalue weighted by atomic mass is 9.81. The minimum absolute atomic E-state index is 0.0648.